The zero-order valence-corrected chi connectivity index (χ0v) is 16.2. The Balaban J connectivity index is 2.06. The average Bonchev–Trinajstić information content (AvgIpc) is 2.58. The van der Waals surface area contributed by atoms with Crippen LogP contribution in [0.5, 0.6) is 0 Å². The number of hydrogen-bond donors (Lipinski definition) is 2. The Hall–Kier alpha value is -2.44. The average molecular weight is 363 g/mol. The molecule has 1 aliphatic heterocycles. The predicted octanol–water partition coefficient (Wildman–Crippen LogP) is 3.26. The number of rotatable bonds is 4. The van der Waals surface area contributed by atoms with Gasteiger partial charge >= 0.3 is 12.1 Å². The minimum absolute atomic E-state index is 0.113. The number of aromatic carboxylic acids is 1. The van der Waals surface area contributed by atoms with E-state index in [1.54, 1.807) is 31.1 Å². The smallest absolute Gasteiger partial charge is 0.410 e. The molecular formula is C19H29N3O4. The Bertz CT molecular complexity index is 661. The topological polar surface area (TPSA) is 82.1 Å². The largest absolute Gasteiger partial charge is 0.478 e. The SMILES string of the molecule is CNc1c(C(=O)O)cccc1N1CCC(N(C)C(=O)OC(C)(C)C)CC1. The number of carboxylic acid groups (broad SMARTS) is 1. The summed E-state index contributed by atoms with van der Waals surface area (Å²) >= 11 is 0. The number of benzene rings is 1. The quantitative estimate of drug-likeness (QED) is 0.854. The van der Waals surface area contributed by atoms with Gasteiger partial charge < -0.3 is 25.0 Å². The highest BCUT2D eigenvalue weighted by Crippen LogP contribution is 2.32. The molecule has 1 amide bonds. The van der Waals surface area contributed by atoms with E-state index in [9.17, 15) is 14.7 Å². The molecule has 144 valence electrons. The van der Waals surface area contributed by atoms with Crippen molar-refractivity contribution in [3.05, 3.63) is 23.8 Å². The lowest BCUT2D eigenvalue weighted by Gasteiger charge is -2.38. The van der Waals surface area contributed by atoms with Gasteiger partial charge in [0, 0.05) is 33.2 Å². The number of para-hydroxylation sites is 1. The Morgan fingerprint density at radius 1 is 1.27 bits per heavy atom. The summed E-state index contributed by atoms with van der Waals surface area (Å²) in [6.07, 6.45) is 1.30. The fourth-order valence-electron chi connectivity index (χ4n) is 3.22. The van der Waals surface area contributed by atoms with Crippen LogP contribution >= 0.6 is 0 Å². The van der Waals surface area contributed by atoms with Crippen molar-refractivity contribution in [2.24, 2.45) is 0 Å². The number of hydrogen-bond acceptors (Lipinski definition) is 5. The van der Waals surface area contributed by atoms with Gasteiger partial charge in [-0.2, -0.15) is 0 Å². The van der Waals surface area contributed by atoms with Gasteiger partial charge in [0.25, 0.3) is 0 Å². The molecule has 1 aliphatic rings. The van der Waals surface area contributed by atoms with Crippen LogP contribution in [0.15, 0.2) is 18.2 Å². The molecule has 0 atom stereocenters. The summed E-state index contributed by atoms with van der Waals surface area (Å²) in [4.78, 5) is 27.5. The number of anilines is 2. The Labute approximate surface area is 154 Å². The zero-order chi connectivity index (χ0) is 19.5. The van der Waals surface area contributed by atoms with E-state index in [0.717, 1.165) is 31.6 Å². The second-order valence-corrected chi connectivity index (χ2v) is 7.56. The van der Waals surface area contributed by atoms with Crippen molar-refractivity contribution >= 4 is 23.4 Å². The van der Waals surface area contributed by atoms with E-state index in [-0.39, 0.29) is 17.7 Å². The van der Waals surface area contributed by atoms with Crippen molar-refractivity contribution in [3.63, 3.8) is 0 Å². The number of carboxylic acids is 1. The summed E-state index contributed by atoms with van der Waals surface area (Å²) in [5, 5.41) is 12.4. The lowest BCUT2D eigenvalue weighted by molar-refractivity contribution is 0.0200. The van der Waals surface area contributed by atoms with Gasteiger partial charge in [-0.3, -0.25) is 0 Å². The van der Waals surface area contributed by atoms with Gasteiger partial charge in [0.05, 0.1) is 16.9 Å². The number of nitrogens with one attached hydrogen (secondary N) is 1. The summed E-state index contributed by atoms with van der Waals surface area (Å²) in [5.74, 6) is -0.948. The first kappa shape index (κ1) is 19.9. The maximum atomic E-state index is 12.2. The Morgan fingerprint density at radius 2 is 1.88 bits per heavy atom. The summed E-state index contributed by atoms with van der Waals surface area (Å²) in [6.45, 7) is 7.06. The Morgan fingerprint density at radius 3 is 2.38 bits per heavy atom. The number of piperidine rings is 1. The van der Waals surface area contributed by atoms with Crippen molar-refractivity contribution in [1.82, 2.24) is 4.90 Å². The molecule has 0 aliphatic carbocycles. The van der Waals surface area contributed by atoms with Gasteiger partial charge in [0.2, 0.25) is 0 Å². The fourth-order valence-corrected chi connectivity index (χ4v) is 3.22. The molecule has 0 unspecified atom stereocenters. The third-order valence-corrected chi connectivity index (χ3v) is 4.56. The monoisotopic (exact) mass is 363 g/mol. The van der Waals surface area contributed by atoms with Crippen LogP contribution in [0.1, 0.15) is 44.0 Å². The molecule has 7 nitrogen and oxygen atoms in total. The molecule has 26 heavy (non-hydrogen) atoms. The van der Waals surface area contributed by atoms with Crippen LogP contribution in [0.25, 0.3) is 0 Å². The highest BCUT2D eigenvalue weighted by atomic mass is 16.6. The number of carbonyl (C=O) groups excluding carboxylic acids is 1. The molecule has 1 fully saturated rings. The van der Waals surface area contributed by atoms with Crippen LogP contribution in [-0.4, -0.2) is 60.9 Å². The minimum Gasteiger partial charge on any atom is -0.478 e. The summed E-state index contributed by atoms with van der Waals surface area (Å²) in [7, 11) is 3.51. The van der Waals surface area contributed by atoms with E-state index < -0.39 is 11.6 Å². The van der Waals surface area contributed by atoms with Gasteiger partial charge in [0.15, 0.2) is 0 Å². The first-order valence-corrected chi connectivity index (χ1v) is 8.89. The lowest BCUT2D eigenvalue weighted by atomic mass is 10.0. The molecule has 0 saturated carbocycles. The maximum Gasteiger partial charge on any atom is 0.410 e. The molecule has 0 radical (unpaired) electrons. The number of amides is 1. The predicted molar refractivity (Wildman–Crippen MR) is 102 cm³/mol. The van der Waals surface area contributed by atoms with Crippen molar-refractivity contribution in [2.75, 3.05) is 37.4 Å². The molecule has 1 heterocycles. The third-order valence-electron chi connectivity index (χ3n) is 4.56. The molecule has 0 aromatic heterocycles. The van der Waals surface area contributed by atoms with E-state index in [4.69, 9.17) is 4.74 Å². The van der Waals surface area contributed by atoms with E-state index >= 15 is 0 Å². The number of nitrogens with zero attached hydrogens (tertiary/aromatic N) is 2. The third kappa shape index (κ3) is 4.59. The van der Waals surface area contributed by atoms with Gasteiger partial charge in [-0.1, -0.05) is 6.07 Å². The highest BCUT2D eigenvalue weighted by Gasteiger charge is 2.29. The normalized spacial score (nSPS) is 15.5. The van der Waals surface area contributed by atoms with Crippen molar-refractivity contribution in [3.8, 4) is 0 Å². The van der Waals surface area contributed by atoms with Crippen LogP contribution in [-0.2, 0) is 4.74 Å². The van der Waals surface area contributed by atoms with Crippen molar-refractivity contribution in [1.29, 1.82) is 0 Å². The molecule has 1 aromatic carbocycles. The van der Waals surface area contributed by atoms with E-state index in [2.05, 4.69) is 10.2 Å². The van der Waals surface area contributed by atoms with Gasteiger partial charge in [-0.15, -0.1) is 0 Å². The molecule has 0 spiro atoms. The van der Waals surface area contributed by atoms with Crippen LogP contribution in [0, 0.1) is 0 Å². The van der Waals surface area contributed by atoms with Crippen LogP contribution in [0.2, 0.25) is 0 Å². The minimum atomic E-state index is -0.948. The van der Waals surface area contributed by atoms with Gasteiger partial charge in [0.1, 0.15) is 5.60 Å². The molecule has 1 aromatic rings. The fraction of sp³-hybridized carbons (Fsp3) is 0.579. The summed E-state index contributed by atoms with van der Waals surface area (Å²) in [6, 6.07) is 5.40. The van der Waals surface area contributed by atoms with E-state index in [0.29, 0.717) is 5.69 Å². The first-order valence-electron chi connectivity index (χ1n) is 8.89. The molecule has 2 N–H and O–H groups in total. The van der Waals surface area contributed by atoms with Gasteiger partial charge in [-0.05, 0) is 45.7 Å². The summed E-state index contributed by atoms with van der Waals surface area (Å²) < 4.78 is 5.44. The van der Waals surface area contributed by atoms with Crippen LogP contribution < -0.4 is 10.2 Å². The lowest BCUT2D eigenvalue weighted by Crippen LogP contribution is -2.47. The molecule has 1 saturated heterocycles. The summed E-state index contributed by atoms with van der Waals surface area (Å²) in [5.41, 5.74) is 1.26. The molecule has 2 rings (SSSR count). The number of carbonyl (C=O) groups is 2. The second-order valence-electron chi connectivity index (χ2n) is 7.56. The van der Waals surface area contributed by atoms with Crippen LogP contribution in [0.4, 0.5) is 16.2 Å². The standard InChI is InChI=1S/C19H29N3O4/c1-19(2,3)26-18(25)21(5)13-9-11-22(12-10-13)15-8-6-7-14(17(23)24)16(15)20-4/h6-8,13,20H,9-12H2,1-5H3,(H,23,24). The van der Waals surface area contributed by atoms with Crippen LogP contribution in [0.3, 0.4) is 0 Å². The maximum absolute atomic E-state index is 12.2. The van der Waals surface area contributed by atoms with E-state index in [1.807, 2.05) is 26.8 Å². The second kappa shape index (κ2) is 7.85. The molecule has 7 heteroatoms. The highest BCUT2D eigenvalue weighted by molar-refractivity contribution is 5.98. The number of ether oxygens (including phenoxy) is 1. The van der Waals surface area contributed by atoms with E-state index in [1.165, 1.54) is 0 Å². The van der Waals surface area contributed by atoms with Crippen molar-refractivity contribution < 1.29 is 19.4 Å². The van der Waals surface area contributed by atoms with Crippen molar-refractivity contribution in [2.45, 2.75) is 45.3 Å². The zero-order valence-electron chi connectivity index (χ0n) is 16.2. The first-order chi connectivity index (χ1) is 12.1. The molecular weight excluding hydrogens is 334 g/mol. The molecule has 0 bridgehead atoms. The van der Waals surface area contributed by atoms with Gasteiger partial charge in [-0.25, -0.2) is 9.59 Å². The Kier molecular flexibility index (Phi) is 6.00.